The Hall–Kier alpha value is -1.83. The van der Waals surface area contributed by atoms with Gasteiger partial charge in [-0.25, -0.2) is 0 Å². The summed E-state index contributed by atoms with van der Waals surface area (Å²) in [6, 6.07) is 7.48. The summed E-state index contributed by atoms with van der Waals surface area (Å²) >= 11 is 6.17. The van der Waals surface area contributed by atoms with Crippen molar-refractivity contribution in [2.75, 3.05) is 7.05 Å². The van der Waals surface area contributed by atoms with Crippen LogP contribution in [0.4, 0.5) is 0 Å². The first-order valence-electron chi connectivity index (χ1n) is 5.93. The lowest BCUT2D eigenvalue weighted by Crippen LogP contribution is -2.17. The van der Waals surface area contributed by atoms with Gasteiger partial charge in [0.25, 0.3) is 0 Å². The molecule has 2 rings (SSSR count). The van der Waals surface area contributed by atoms with E-state index in [1.807, 2.05) is 32.6 Å². The third-order valence-electron chi connectivity index (χ3n) is 2.83. The topological polar surface area (TPSA) is 44.9 Å². The number of halogens is 1. The van der Waals surface area contributed by atoms with Crippen molar-refractivity contribution in [1.29, 1.82) is 5.26 Å². The minimum atomic E-state index is 0.587. The normalized spacial score (nSPS) is 10.7. The van der Waals surface area contributed by atoms with Crippen LogP contribution in [0.15, 0.2) is 30.6 Å². The monoisotopic (exact) mass is 274 g/mol. The molecule has 0 bridgehead atoms. The van der Waals surface area contributed by atoms with Crippen LogP contribution >= 0.6 is 11.6 Å². The fourth-order valence-electron chi connectivity index (χ4n) is 1.96. The molecule has 2 aromatic rings. The van der Waals surface area contributed by atoms with Gasteiger partial charge in [-0.3, -0.25) is 9.58 Å². The maximum Gasteiger partial charge on any atom is 0.0992 e. The maximum atomic E-state index is 8.80. The first-order chi connectivity index (χ1) is 9.08. The summed E-state index contributed by atoms with van der Waals surface area (Å²) < 4.78 is 1.79. The molecule has 0 saturated carbocycles. The van der Waals surface area contributed by atoms with Crippen LogP contribution in [0, 0.1) is 11.3 Å². The van der Waals surface area contributed by atoms with Gasteiger partial charge >= 0.3 is 0 Å². The van der Waals surface area contributed by atoms with E-state index in [0.29, 0.717) is 10.6 Å². The van der Waals surface area contributed by atoms with Crippen LogP contribution in [0.5, 0.6) is 0 Å². The molecule has 0 aliphatic heterocycles. The highest BCUT2D eigenvalue weighted by Crippen LogP contribution is 2.19. The molecule has 0 aliphatic carbocycles. The Morgan fingerprint density at radius 3 is 2.79 bits per heavy atom. The molecule has 0 N–H and O–H groups in total. The van der Waals surface area contributed by atoms with E-state index < -0.39 is 0 Å². The van der Waals surface area contributed by atoms with Gasteiger partial charge in [-0.05, 0) is 24.7 Å². The third kappa shape index (κ3) is 3.57. The van der Waals surface area contributed by atoms with Crippen molar-refractivity contribution in [1.82, 2.24) is 14.7 Å². The number of rotatable bonds is 4. The number of nitrogens with zero attached hydrogens (tertiary/aromatic N) is 4. The zero-order valence-electron chi connectivity index (χ0n) is 11.0. The second kappa shape index (κ2) is 5.87. The predicted octanol–water partition coefficient (Wildman–Crippen LogP) is 2.58. The molecule has 1 aromatic heterocycles. The fraction of sp³-hybridized carbons (Fsp3) is 0.286. The highest BCUT2D eigenvalue weighted by Gasteiger charge is 2.07. The lowest BCUT2D eigenvalue weighted by atomic mass is 10.1. The second-order valence-electron chi connectivity index (χ2n) is 4.61. The van der Waals surface area contributed by atoms with Crippen molar-refractivity contribution in [2.24, 2.45) is 7.05 Å². The van der Waals surface area contributed by atoms with E-state index in [1.165, 1.54) is 0 Å². The van der Waals surface area contributed by atoms with E-state index >= 15 is 0 Å². The van der Waals surface area contributed by atoms with Gasteiger partial charge in [0.1, 0.15) is 0 Å². The van der Waals surface area contributed by atoms with Gasteiger partial charge in [0.15, 0.2) is 0 Å². The number of aryl methyl sites for hydroxylation is 1. The largest absolute Gasteiger partial charge is 0.298 e. The van der Waals surface area contributed by atoms with Crippen molar-refractivity contribution >= 4 is 11.6 Å². The molecule has 0 atom stereocenters. The Bertz CT molecular complexity index is 612. The van der Waals surface area contributed by atoms with Crippen molar-refractivity contribution < 1.29 is 0 Å². The number of hydrogen-bond donors (Lipinski definition) is 0. The molecule has 0 radical (unpaired) electrons. The molecular weight excluding hydrogens is 260 g/mol. The second-order valence-corrected chi connectivity index (χ2v) is 5.02. The molecule has 0 saturated heterocycles. The van der Waals surface area contributed by atoms with E-state index in [1.54, 1.807) is 16.8 Å². The van der Waals surface area contributed by atoms with Crippen molar-refractivity contribution in [3.05, 3.63) is 52.3 Å². The van der Waals surface area contributed by atoms with Crippen LogP contribution in [0.1, 0.15) is 16.7 Å². The summed E-state index contributed by atoms with van der Waals surface area (Å²) in [5.74, 6) is 0. The summed E-state index contributed by atoms with van der Waals surface area (Å²) in [5.41, 5.74) is 2.77. The molecular formula is C14H15ClN4. The van der Waals surface area contributed by atoms with Crippen molar-refractivity contribution in [2.45, 2.75) is 13.1 Å². The smallest absolute Gasteiger partial charge is 0.0992 e. The lowest BCUT2D eigenvalue weighted by Gasteiger charge is -2.16. The van der Waals surface area contributed by atoms with Gasteiger partial charge in [0, 0.05) is 36.9 Å². The van der Waals surface area contributed by atoms with E-state index in [2.05, 4.69) is 16.1 Å². The maximum absolute atomic E-state index is 8.80. The Kier molecular flexibility index (Phi) is 4.20. The van der Waals surface area contributed by atoms with E-state index in [4.69, 9.17) is 16.9 Å². The number of nitriles is 1. The molecule has 4 nitrogen and oxygen atoms in total. The molecule has 5 heteroatoms. The van der Waals surface area contributed by atoms with Gasteiger partial charge < -0.3 is 0 Å². The summed E-state index contributed by atoms with van der Waals surface area (Å²) in [5, 5.41) is 13.6. The van der Waals surface area contributed by atoms with Crippen LogP contribution in [0.3, 0.4) is 0 Å². The third-order valence-corrected chi connectivity index (χ3v) is 3.19. The Balaban J connectivity index is 2.03. The molecule has 0 amide bonds. The molecule has 1 heterocycles. The average Bonchev–Trinajstić information content (AvgIpc) is 2.77. The highest BCUT2D eigenvalue weighted by atomic mass is 35.5. The Labute approximate surface area is 117 Å². The molecule has 19 heavy (non-hydrogen) atoms. The van der Waals surface area contributed by atoms with E-state index in [-0.39, 0.29) is 0 Å². The van der Waals surface area contributed by atoms with Gasteiger partial charge in [-0.2, -0.15) is 10.4 Å². The zero-order valence-corrected chi connectivity index (χ0v) is 11.7. The first-order valence-corrected chi connectivity index (χ1v) is 6.31. The molecule has 0 aliphatic rings. The minimum absolute atomic E-state index is 0.587. The van der Waals surface area contributed by atoms with Crippen LogP contribution in [-0.4, -0.2) is 21.7 Å². The van der Waals surface area contributed by atoms with Crippen molar-refractivity contribution in [3.63, 3.8) is 0 Å². The predicted molar refractivity (Wildman–Crippen MR) is 74.5 cm³/mol. The molecule has 1 aromatic carbocycles. The van der Waals surface area contributed by atoms with Gasteiger partial charge in [0.05, 0.1) is 17.8 Å². The molecule has 0 fully saturated rings. The molecule has 98 valence electrons. The van der Waals surface area contributed by atoms with Crippen LogP contribution in [0.2, 0.25) is 5.02 Å². The van der Waals surface area contributed by atoms with Crippen LogP contribution < -0.4 is 0 Å². The molecule has 0 unspecified atom stereocenters. The van der Waals surface area contributed by atoms with E-state index in [0.717, 1.165) is 24.2 Å². The minimum Gasteiger partial charge on any atom is -0.298 e. The standard InChI is InChI=1S/C14H15ClN4/c1-18(8-12-7-17-19(2)9-12)10-13-4-3-11(6-16)5-14(13)15/h3-5,7,9H,8,10H2,1-2H3. The first kappa shape index (κ1) is 13.6. The highest BCUT2D eigenvalue weighted by molar-refractivity contribution is 6.31. The number of benzene rings is 1. The van der Waals surface area contributed by atoms with E-state index in [9.17, 15) is 0 Å². The lowest BCUT2D eigenvalue weighted by molar-refractivity contribution is 0.319. The molecule has 0 spiro atoms. The number of aromatic nitrogens is 2. The number of hydrogen-bond acceptors (Lipinski definition) is 3. The van der Waals surface area contributed by atoms with Crippen molar-refractivity contribution in [3.8, 4) is 6.07 Å². The summed E-state index contributed by atoms with van der Waals surface area (Å²) in [4.78, 5) is 2.16. The Morgan fingerprint density at radius 2 is 2.21 bits per heavy atom. The average molecular weight is 275 g/mol. The fourth-order valence-corrected chi connectivity index (χ4v) is 2.20. The van der Waals surface area contributed by atoms with Gasteiger partial charge in [-0.1, -0.05) is 17.7 Å². The summed E-state index contributed by atoms with van der Waals surface area (Å²) in [6.07, 6.45) is 3.85. The van der Waals surface area contributed by atoms with Gasteiger partial charge in [0.2, 0.25) is 0 Å². The quantitative estimate of drug-likeness (QED) is 0.861. The summed E-state index contributed by atoms with van der Waals surface area (Å²) in [7, 11) is 3.93. The zero-order chi connectivity index (χ0) is 13.8. The Morgan fingerprint density at radius 1 is 1.42 bits per heavy atom. The summed E-state index contributed by atoms with van der Waals surface area (Å²) in [6.45, 7) is 1.55. The van der Waals surface area contributed by atoms with Gasteiger partial charge in [-0.15, -0.1) is 0 Å². The van der Waals surface area contributed by atoms with Crippen LogP contribution in [-0.2, 0) is 20.1 Å². The van der Waals surface area contributed by atoms with Crippen LogP contribution in [0.25, 0.3) is 0 Å². The SMILES string of the molecule is CN(Cc1cnn(C)c1)Cc1ccc(C#N)cc1Cl.